The molecule has 18 heavy (non-hydrogen) atoms. The summed E-state index contributed by atoms with van der Waals surface area (Å²) in [5.74, 6) is 0.841. The van der Waals surface area contributed by atoms with E-state index in [2.05, 4.69) is 36.9 Å². The van der Waals surface area contributed by atoms with E-state index >= 15 is 0 Å². The molecule has 0 fully saturated rings. The topological polar surface area (TPSA) is 50.9 Å². The van der Waals surface area contributed by atoms with Crippen LogP contribution in [0.5, 0.6) is 0 Å². The third-order valence-electron chi connectivity index (χ3n) is 2.98. The van der Waals surface area contributed by atoms with E-state index in [0.29, 0.717) is 6.42 Å². The van der Waals surface area contributed by atoms with Gasteiger partial charge in [-0.25, -0.2) is 9.67 Å². The second-order valence-corrected chi connectivity index (χ2v) is 5.55. The fourth-order valence-corrected chi connectivity index (χ4v) is 3.03. The van der Waals surface area contributed by atoms with Crippen LogP contribution in [0, 0.1) is 0 Å². The monoisotopic (exact) mass is 265 g/mol. The average Bonchev–Trinajstić information content (AvgIpc) is 2.96. The minimum absolute atomic E-state index is 0.267. The third-order valence-corrected chi connectivity index (χ3v) is 4.04. The summed E-state index contributed by atoms with van der Waals surface area (Å²) in [5.41, 5.74) is 1.23. The number of aliphatic hydroxyl groups excluding tert-OH is 1. The molecule has 0 aliphatic carbocycles. The van der Waals surface area contributed by atoms with E-state index in [1.165, 1.54) is 5.56 Å². The lowest BCUT2D eigenvalue weighted by Gasteiger charge is -2.13. The van der Waals surface area contributed by atoms with Crippen LogP contribution in [-0.4, -0.2) is 19.9 Å². The number of rotatable bonds is 5. The Labute approximate surface area is 111 Å². The van der Waals surface area contributed by atoms with Crippen molar-refractivity contribution in [3.63, 3.8) is 0 Å². The van der Waals surface area contributed by atoms with Gasteiger partial charge in [0.25, 0.3) is 0 Å². The highest BCUT2D eigenvalue weighted by molar-refractivity contribution is 7.10. The van der Waals surface area contributed by atoms with Crippen LogP contribution >= 0.6 is 11.3 Å². The molecular formula is C13H19N3OS. The molecular weight excluding hydrogens is 246 g/mol. The molecule has 2 rings (SSSR count). The van der Waals surface area contributed by atoms with E-state index in [-0.39, 0.29) is 6.04 Å². The molecule has 0 radical (unpaired) electrons. The molecule has 5 heteroatoms. The molecule has 0 saturated heterocycles. The molecule has 0 spiro atoms. The first kappa shape index (κ1) is 13.2. The standard InChI is InChI=1S/C13H19N3OS/c1-4-10-5-6-18-13(10)11(17)7-12-14-8-15-16(12)9(2)3/h5-6,8-9,11,17H,4,7H2,1-3H3. The minimum Gasteiger partial charge on any atom is -0.387 e. The smallest absolute Gasteiger partial charge is 0.138 e. The summed E-state index contributed by atoms with van der Waals surface area (Å²) in [6.07, 6.45) is 2.54. The van der Waals surface area contributed by atoms with Crippen molar-refractivity contribution in [1.29, 1.82) is 0 Å². The van der Waals surface area contributed by atoms with Gasteiger partial charge in [-0.15, -0.1) is 11.3 Å². The summed E-state index contributed by atoms with van der Waals surface area (Å²) in [6, 6.07) is 2.35. The van der Waals surface area contributed by atoms with Crippen molar-refractivity contribution < 1.29 is 5.11 Å². The zero-order valence-corrected chi connectivity index (χ0v) is 11.8. The highest BCUT2D eigenvalue weighted by Crippen LogP contribution is 2.27. The van der Waals surface area contributed by atoms with E-state index in [1.54, 1.807) is 17.7 Å². The van der Waals surface area contributed by atoms with Crippen LogP contribution in [0.4, 0.5) is 0 Å². The number of thiophene rings is 1. The van der Waals surface area contributed by atoms with Crippen molar-refractivity contribution in [1.82, 2.24) is 14.8 Å². The molecule has 0 bridgehead atoms. The molecule has 1 atom stereocenters. The van der Waals surface area contributed by atoms with E-state index in [0.717, 1.165) is 17.1 Å². The van der Waals surface area contributed by atoms with E-state index < -0.39 is 6.10 Å². The lowest BCUT2D eigenvalue weighted by Crippen LogP contribution is -2.12. The SMILES string of the molecule is CCc1ccsc1C(O)Cc1ncnn1C(C)C. The summed E-state index contributed by atoms with van der Waals surface area (Å²) < 4.78 is 1.86. The number of aliphatic hydroxyl groups is 1. The Morgan fingerprint density at radius 3 is 2.89 bits per heavy atom. The third kappa shape index (κ3) is 2.62. The molecule has 98 valence electrons. The Morgan fingerprint density at radius 2 is 2.22 bits per heavy atom. The van der Waals surface area contributed by atoms with Crippen LogP contribution in [0.1, 0.15) is 49.2 Å². The second-order valence-electron chi connectivity index (χ2n) is 4.60. The van der Waals surface area contributed by atoms with Crippen molar-refractivity contribution in [3.8, 4) is 0 Å². The van der Waals surface area contributed by atoms with Gasteiger partial charge in [-0.05, 0) is 37.3 Å². The molecule has 0 aromatic carbocycles. The van der Waals surface area contributed by atoms with Gasteiger partial charge in [0.15, 0.2) is 0 Å². The van der Waals surface area contributed by atoms with E-state index in [9.17, 15) is 5.11 Å². The van der Waals surface area contributed by atoms with Crippen molar-refractivity contribution in [2.75, 3.05) is 0 Å². The number of aryl methyl sites for hydroxylation is 1. The minimum atomic E-state index is -0.485. The van der Waals surface area contributed by atoms with Gasteiger partial charge in [0, 0.05) is 17.3 Å². The number of nitrogens with zero attached hydrogens (tertiary/aromatic N) is 3. The van der Waals surface area contributed by atoms with Gasteiger partial charge < -0.3 is 5.11 Å². The van der Waals surface area contributed by atoms with Gasteiger partial charge in [-0.1, -0.05) is 6.92 Å². The summed E-state index contributed by atoms with van der Waals surface area (Å²) >= 11 is 1.61. The maximum atomic E-state index is 10.3. The van der Waals surface area contributed by atoms with Crippen LogP contribution in [0.3, 0.4) is 0 Å². The highest BCUT2D eigenvalue weighted by atomic mass is 32.1. The normalized spacial score (nSPS) is 13.2. The highest BCUT2D eigenvalue weighted by Gasteiger charge is 2.17. The molecule has 0 saturated carbocycles. The van der Waals surface area contributed by atoms with Crippen molar-refractivity contribution in [2.24, 2.45) is 0 Å². The van der Waals surface area contributed by atoms with Crippen LogP contribution in [0.25, 0.3) is 0 Å². The molecule has 4 nitrogen and oxygen atoms in total. The fourth-order valence-electron chi connectivity index (χ4n) is 2.05. The quantitative estimate of drug-likeness (QED) is 0.904. The largest absolute Gasteiger partial charge is 0.387 e. The Hall–Kier alpha value is -1.20. The predicted molar refractivity (Wildman–Crippen MR) is 72.8 cm³/mol. The number of aromatic nitrogens is 3. The molecule has 2 aromatic rings. The van der Waals surface area contributed by atoms with Crippen molar-refractivity contribution in [2.45, 2.75) is 45.8 Å². The van der Waals surface area contributed by atoms with Gasteiger partial charge in [-0.3, -0.25) is 0 Å². The number of hydrogen-bond acceptors (Lipinski definition) is 4. The molecule has 2 heterocycles. The summed E-state index contributed by atoms with van der Waals surface area (Å²) in [7, 11) is 0. The van der Waals surface area contributed by atoms with Gasteiger partial charge >= 0.3 is 0 Å². The second kappa shape index (κ2) is 5.63. The van der Waals surface area contributed by atoms with E-state index in [1.807, 2.05) is 10.1 Å². The van der Waals surface area contributed by atoms with Gasteiger partial charge in [0.05, 0.1) is 6.10 Å². The lowest BCUT2D eigenvalue weighted by molar-refractivity contribution is 0.176. The first-order chi connectivity index (χ1) is 8.63. The fraction of sp³-hybridized carbons (Fsp3) is 0.538. The first-order valence-electron chi connectivity index (χ1n) is 6.26. The Morgan fingerprint density at radius 1 is 1.44 bits per heavy atom. The van der Waals surface area contributed by atoms with Crippen molar-refractivity contribution in [3.05, 3.63) is 34.0 Å². The Kier molecular flexibility index (Phi) is 4.14. The molecule has 1 N–H and O–H groups in total. The zero-order valence-electron chi connectivity index (χ0n) is 11.0. The predicted octanol–water partition coefficient (Wildman–Crippen LogP) is 2.76. The van der Waals surface area contributed by atoms with Crippen LogP contribution < -0.4 is 0 Å². The summed E-state index contributed by atoms with van der Waals surface area (Å²) in [4.78, 5) is 5.29. The van der Waals surface area contributed by atoms with Crippen LogP contribution in [-0.2, 0) is 12.8 Å². The van der Waals surface area contributed by atoms with Crippen LogP contribution in [0.15, 0.2) is 17.8 Å². The Balaban J connectivity index is 2.16. The van der Waals surface area contributed by atoms with Gasteiger partial charge in [0.1, 0.15) is 12.2 Å². The van der Waals surface area contributed by atoms with Gasteiger partial charge in [0.2, 0.25) is 0 Å². The summed E-state index contributed by atoms with van der Waals surface area (Å²) in [6.45, 7) is 6.23. The van der Waals surface area contributed by atoms with Gasteiger partial charge in [-0.2, -0.15) is 5.10 Å². The zero-order chi connectivity index (χ0) is 13.1. The van der Waals surface area contributed by atoms with Crippen LogP contribution in [0.2, 0.25) is 0 Å². The molecule has 2 aromatic heterocycles. The molecule has 0 amide bonds. The maximum Gasteiger partial charge on any atom is 0.138 e. The number of hydrogen-bond donors (Lipinski definition) is 1. The first-order valence-corrected chi connectivity index (χ1v) is 7.14. The summed E-state index contributed by atoms with van der Waals surface area (Å²) in [5, 5.41) is 16.6. The Bertz CT molecular complexity index is 504. The van der Waals surface area contributed by atoms with Crippen molar-refractivity contribution >= 4 is 11.3 Å². The molecule has 1 unspecified atom stereocenters. The van der Waals surface area contributed by atoms with E-state index in [4.69, 9.17) is 0 Å². The maximum absolute atomic E-state index is 10.3. The average molecular weight is 265 g/mol. The lowest BCUT2D eigenvalue weighted by atomic mass is 10.1. The molecule has 0 aliphatic rings. The molecule has 0 aliphatic heterocycles.